The number of hydrogen-bond acceptors (Lipinski definition) is 4. The van der Waals surface area contributed by atoms with E-state index >= 15 is 0 Å². The first-order valence-electron chi connectivity index (χ1n) is 9.01. The molecule has 10 heteroatoms. The average molecular weight is 378 g/mol. The number of rotatable bonds is 5. The molecule has 150 valence electrons. The summed E-state index contributed by atoms with van der Waals surface area (Å²) in [6.07, 6.45) is -3.48. The van der Waals surface area contributed by atoms with Gasteiger partial charge in [0.2, 0.25) is 5.91 Å². The van der Waals surface area contributed by atoms with Crippen LogP contribution >= 0.6 is 0 Å². The molecule has 7 nitrogen and oxygen atoms in total. The van der Waals surface area contributed by atoms with Crippen LogP contribution in [0.5, 0.6) is 0 Å². The van der Waals surface area contributed by atoms with Gasteiger partial charge in [-0.1, -0.05) is 0 Å². The van der Waals surface area contributed by atoms with E-state index in [0.717, 1.165) is 32.7 Å². The van der Waals surface area contributed by atoms with Gasteiger partial charge in [0.25, 0.3) is 0 Å². The molecule has 2 saturated heterocycles. The lowest BCUT2D eigenvalue weighted by atomic mass is 10.3. The fraction of sp³-hybridized carbons (Fsp3) is 0.875. The van der Waals surface area contributed by atoms with Gasteiger partial charge < -0.3 is 15.5 Å². The van der Waals surface area contributed by atoms with Crippen molar-refractivity contribution < 1.29 is 18.0 Å². The lowest BCUT2D eigenvalue weighted by Crippen LogP contribution is -2.51. The van der Waals surface area contributed by atoms with E-state index < -0.39 is 12.7 Å². The molecule has 2 N–H and O–H groups in total. The number of halogens is 3. The topological polar surface area (TPSA) is 63.2 Å². The third-order valence-electron chi connectivity index (χ3n) is 4.78. The Bertz CT molecular complexity index is 491. The first kappa shape index (κ1) is 20.8. The van der Waals surface area contributed by atoms with Crippen molar-refractivity contribution in [2.24, 2.45) is 4.99 Å². The Labute approximate surface area is 152 Å². The molecule has 0 aliphatic carbocycles. The highest BCUT2D eigenvalue weighted by Crippen LogP contribution is 2.19. The Balaban J connectivity index is 1.64. The van der Waals surface area contributed by atoms with Crippen LogP contribution in [0.4, 0.5) is 13.2 Å². The van der Waals surface area contributed by atoms with Crippen molar-refractivity contribution in [1.82, 2.24) is 25.3 Å². The Kier molecular flexibility index (Phi) is 7.51. The highest BCUT2D eigenvalue weighted by molar-refractivity contribution is 5.80. The molecular weight excluding hydrogens is 349 g/mol. The van der Waals surface area contributed by atoms with Gasteiger partial charge in [0, 0.05) is 72.4 Å². The molecule has 2 aliphatic heterocycles. The average Bonchev–Trinajstić information content (AvgIpc) is 2.99. The largest absolute Gasteiger partial charge is 0.401 e. The van der Waals surface area contributed by atoms with E-state index in [1.165, 1.54) is 4.90 Å². The summed E-state index contributed by atoms with van der Waals surface area (Å²) in [6.45, 7) is 6.26. The molecule has 0 saturated carbocycles. The van der Waals surface area contributed by atoms with Gasteiger partial charge in [0.05, 0.1) is 6.54 Å². The second-order valence-electron chi connectivity index (χ2n) is 6.83. The van der Waals surface area contributed by atoms with Gasteiger partial charge in [-0.25, -0.2) is 0 Å². The Morgan fingerprint density at radius 2 is 1.85 bits per heavy atom. The second-order valence-corrected chi connectivity index (χ2v) is 6.83. The van der Waals surface area contributed by atoms with Crippen molar-refractivity contribution >= 4 is 11.9 Å². The van der Waals surface area contributed by atoms with E-state index in [2.05, 4.69) is 20.5 Å². The number of hydrogen-bond donors (Lipinski definition) is 2. The van der Waals surface area contributed by atoms with Crippen molar-refractivity contribution in [2.45, 2.75) is 25.6 Å². The molecule has 0 aromatic heterocycles. The predicted molar refractivity (Wildman–Crippen MR) is 94.1 cm³/mol. The summed E-state index contributed by atoms with van der Waals surface area (Å²) in [5.74, 6) is 0.731. The molecule has 1 atom stereocenters. The number of amides is 1. The summed E-state index contributed by atoms with van der Waals surface area (Å²) in [6, 6.07) is -0.0253. The van der Waals surface area contributed by atoms with Crippen molar-refractivity contribution in [3.63, 3.8) is 0 Å². The van der Waals surface area contributed by atoms with Crippen LogP contribution in [0.3, 0.4) is 0 Å². The normalized spacial score (nSPS) is 23.3. The predicted octanol–water partition coefficient (Wildman–Crippen LogP) is -0.0479. The monoisotopic (exact) mass is 378 g/mol. The lowest BCUT2D eigenvalue weighted by Gasteiger charge is -2.34. The number of piperazine rings is 1. The smallest absolute Gasteiger partial charge is 0.355 e. The number of aliphatic imine (C=N–C) groups is 1. The standard InChI is InChI=1S/C16H29F3N6O/c1-13(26)25-9-7-23(8-10-25)6-4-21-15(20-2)22-14-3-5-24(11-14)12-16(17,18)19/h14H,3-12H2,1-2H3,(H2,20,21,22). The van der Waals surface area contributed by atoms with Crippen molar-refractivity contribution in [3.05, 3.63) is 0 Å². The van der Waals surface area contributed by atoms with Crippen LogP contribution in [-0.4, -0.2) is 105 Å². The molecule has 2 rings (SSSR count). The van der Waals surface area contributed by atoms with Gasteiger partial charge in [0.1, 0.15) is 0 Å². The lowest BCUT2D eigenvalue weighted by molar-refractivity contribution is -0.143. The van der Waals surface area contributed by atoms with Crippen LogP contribution in [0.15, 0.2) is 4.99 Å². The first-order valence-corrected chi connectivity index (χ1v) is 9.01. The SMILES string of the molecule is CN=C(NCCN1CCN(C(C)=O)CC1)NC1CCN(CC(F)(F)F)C1. The van der Waals surface area contributed by atoms with E-state index in [-0.39, 0.29) is 11.9 Å². The maximum absolute atomic E-state index is 12.5. The van der Waals surface area contributed by atoms with Crippen LogP contribution in [-0.2, 0) is 4.79 Å². The number of carbonyl (C=O) groups is 1. The molecule has 1 unspecified atom stereocenters. The molecular formula is C16H29F3N6O. The minimum Gasteiger partial charge on any atom is -0.355 e. The van der Waals surface area contributed by atoms with Crippen LogP contribution in [0.25, 0.3) is 0 Å². The van der Waals surface area contributed by atoms with E-state index in [1.54, 1.807) is 14.0 Å². The zero-order valence-corrected chi connectivity index (χ0v) is 15.5. The summed E-state index contributed by atoms with van der Waals surface area (Å²) >= 11 is 0. The number of carbonyl (C=O) groups excluding carboxylic acids is 1. The molecule has 0 bridgehead atoms. The van der Waals surface area contributed by atoms with Crippen molar-refractivity contribution in [3.8, 4) is 0 Å². The maximum Gasteiger partial charge on any atom is 0.401 e. The van der Waals surface area contributed by atoms with Crippen LogP contribution in [0, 0.1) is 0 Å². The molecule has 2 fully saturated rings. The molecule has 1 amide bonds. The van der Waals surface area contributed by atoms with E-state index in [0.29, 0.717) is 32.0 Å². The maximum atomic E-state index is 12.5. The van der Waals surface area contributed by atoms with Gasteiger partial charge in [0.15, 0.2) is 5.96 Å². The molecule has 2 heterocycles. The number of guanidine groups is 1. The molecule has 0 aromatic carbocycles. The van der Waals surface area contributed by atoms with E-state index in [4.69, 9.17) is 0 Å². The molecule has 0 spiro atoms. The zero-order valence-electron chi connectivity index (χ0n) is 15.5. The van der Waals surface area contributed by atoms with Gasteiger partial charge in [-0.15, -0.1) is 0 Å². The molecule has 26 heavy (non-hydrogen) atoms. The fourth-order valence-corrected chi connectivity index (χ4v) is 3.35. The van der Waals surface area contributed by atoms with E-state index in [9.17, 15) is 18.0 Å². The summed E-state index contributed by atoms with van der Waals surface area (Å²) in [5, 5.41) is 6.42. The van der Waals surface area contributed by atoms with Gasteiger partial charge in [-0.05, 0) is 6.42 Å². The molecule has 0 aromatic rings. The quantitative estimate of drug-likeness (QED) is 0.519. The fourth-order valence-electron chi connectivity index (χ4n) is 3.35. The van der Waals surface area contributed by atoms with Crippen molar-refractivity contribution in [2.75, 3.05) is 66.0 Å². The van der Waals surface area contributed by atoms with Crippen LogP contribution in [0.2, 0.25) is 0 Å². The Morgan fingerprint density at radius 3 is 2.42 bits per heavy atom. The minimum absolute atomic E-state index is 0.0253. The number of nitrogens with zero attached hydrogens (tertiary/aromatic N) is 4. The van der Waals surface area contributed by atoms with E-state index in [1.807, 2.05) is 4.90 Å². The Hall–Kier alpha value is -1.55. The van der Waals surface area contributed by atoms with Gasteiger partial charge in [-0.2, -0.15) is 13.2 Å². The third kappa shape index (κ3) is 6.99. The highest BCUT2D eigenvalue weighted by atomic mass is 19.4. The summed E-state index contributed by atoms with van der Waals surface area (Å²) in [4.78, 5) is 21.0. The number of nitrogens with one attached hydrogen (secondary N) is 2. The summed E-state index contributed by atoms with van der Waals surface area (Å²) in [7, 11) is 1.66. The second kappa shape index (κ2) is 9.40. The third-order valence-corrected chi connectivity index (χ3v) is 4.78. The van der Waals surface area contributed by atoms with Crippen molar-refractivity contribution in [1.29, 1.82) is 0 Å². The summed E-state index contributed by atoms with van der Waals surface area (Å²) in [5.41, 5.74) is 0. The minimum atomic E-state index is -4.15. The summed E-state index contributed by atoms with van der Waals surface area (Å²) < 4.78 is 37.4. The van der Waals surface area contributed by atoms with Gasteiger partial charge in [-0.3, -0.25) is 19.6 Å². The van der Waals surface area contributed by atoms with Gasteiger partial charge >= 0.3 is 6.18 Å². The number of alkyl halides is 3. The first-order chi connectivity index (χ1) is 12.3. The van der Waals surface area contributed by atoms with Crippen LogP contribution < -0.4 is 10.6 Å². The molecule has 2 aliphatic rings. The molecule has 0 radical (unpaired) electrons. The van der Waals surface area contributed by atoms with Crippen LogP contribution in [0.1, 0.15) is 13.3 Å². The highest BCUT2D eigenvalue weighted by Gasteiger charge is 2.34. The Morgan fingerprint density at radius 1 is 1.15 bits per heavy atom. The zero-order chi connectivity index (χ0) is 19.2. The number of likely N-dealkylation sites (tertiary alicyclic amines) is 1.